The van der Waals surface area contributed by atoms with Crippen LogP contribution in [-0.2, 0) is 0 Å². The van der Waals surface area contributed by atoms with Crippen LogP contribution >= 0.6 is 0 Å². The maximum atomic E-state index is 13.0. The number of hydrogen-bond acceptors (Lipinski definition) is 3. The first kappa shape index (κ1) is 8.16. The second kappa shape index (κ2) is 3.12. The van der Waals surface area contributed by atoms with Crippen LogP contribution in [0.3, 0.4) is 0 Å². The monoisotopic (exact) mass is 181 g/mol. The molecule has 1 heterocycles. The Balaban J connectivity index is 2.20. The number of aromatic nitrogens is 1. The molecule has 0 atom stereocenters. The summed E-state index contributed by atoms with van der Waals surface area (Å²) in [4.78, 5) is 13.6. The van der Waals surface area contributed by atoms with E-state index in [-0.39, 0.29) is 17.5 Å². The number of carbonyl (C=O) groups excluding carboxylic acids is 1. The van der Waals surface area contributed by atoms with Gasteiger partial charge in [-0.1, -0.05) is 0 Å². The van der Waals surface area contributed by atoms with E-state index in [0.717, 1.165) is 12.8 Å². The molecule has 0 aliphatic heterocycles. The molecule has 2 rings (SSSR count). The molecule has 1 aliphatic carbocycles. The molecule has 1 aliphatic rings. The van der Waals surface area contributed by atoms with Crippen LogP contribution in [0.15, 0.2) is 12.1 Å². The summed E-state index contributed by atoms with van der Waals surface area (Å²) in [6, 6.07) is 2.87. The maximum absolute atomic E-state index is 13.0. The molecule has 0 saturated heterocycles. The van der Waals surface area contributed by atoms with E-state index in [1.54, 1.807) is 0 Å². The second-order valence-corrected chi connectivity index (χ2v) is 2.96. The Morgan fingerprint density at radius 2 is 2.31 bits per heavy atom. The Morgan fingerprint density at radius 1 is 1.54 bits per heavy atom. The molecule has 0 aromatic carbocycles. The third-order valence-electron chi connectivity index (χ3n) is 1.77. The molecule has 0 radical (unpaired) electrons. The van der Waals surface area contributed by atoms with Crippen molar-refractivity contribution in [1.29, 1.82) is 0 Å². The molecule has 0 bridgehead atoms. The Bertz CT molecular complexity index is 336. The van der Waals surface area contributed by atoms with Crippen LogP contribution in [0, 0.1) is 5.95 Å². The van der Waals surface area contributed by atoms with Crippen LogP contribution in [0.25, 0.3) is 0 Å². The summed E-state index contributed by atoms with van der Waals surface area (Å²) in [7, 11) is 0. The molecule has 13 heavy (non-hydrogen) atoms. The second-order valence-electron chi connectivity index (χ2n) is 2.96. The Hall–Kier alpha value is -1.45. The summed E-state index contributed by atoms with van der Waals surface area (Å²) in [5.41, 5.74) is 0.0839. The van der Waals surface area contributed by atoms with E-state index in [0.29, 0.717) is 6.29 Å². The van der Waals surface area contributed by atoms with Gasteiger partial charge in [0.1, 0.15) is 5.69 Å². The highest BCUT2D eigenvalue weighted by Gasteiger charge is 2.25. The zero-order valence-electron chi connectivity index (χ0n) is 6.87. The molecule has 0 unspecified atom stereocenters. The zero-order valence-corrected chi connectivity index (χ0v) is 6.87. The van der Waals surface area contributed by atoms with Crippen molar-refractivity contribution in [3.05, 3.63) is 23.8 Å². The number of carbonyl (C=O) groups is 1. The van der Waals surface area contributed by atoms with Gasteiger partial charge >= 0.3 is 0 Å². The largest absolute Gasteiger partial charge is 0.486 e. The molecule has 1 fully saturated rings. The normalized spacial score (nSPS) is 15.5. The standard InChI is InChI=1S/C9H8FNO2/c10-9-8(13-7-2-3-7)4-1-6(5-12)11-9/h1,4-5,7H,2-3H2. The number of hydrogen-bond donors (Lipinski definition) is 0. The van der Waals surface area contributed by atoms with E-state index in [1.807, 2.05) is 0 Å². The molecular formula is C9H8FNO2. The average Bonchev–Trinajstić information content (AvgIpc) is 2.92. The average molecular weight is 181 g/mol. The predicted octanol–water partition coefficient (Wildman–Crippen LogP) is 1.57. The Morgan fingerprint density at radius 3 is 2.85 bits per heavy atom. The van der Waals surface area contributed by atoms with Crippen LogP contribution in [-0.4, -0.2) is 17.4 Å². The summed E-state index contributed by atoms with van der Waals surface area (Å²) in [5, 5.41) is 0. The van der Waals surface area contributed by atoms with Gasteiger partial charge in [0.2, 0.25) is 0 Å². The summed E-state index contributed by atoms with van der Waals surface area (Å²) in [6.07, 6.45) is 2.58. The van der Waals surface area contributed by atoms with Crippen LogP contribution in [0.5, 0.6) is 5.75 Å². The molecule has 68 valence electrons. The number of pyridine rings is 1. The van der Waals surface area contributed by atoms with Crippen molar-refractivity contribution in [2.45, 2.75) is 18.9 Å². The van der Waals surface area contributed by atoms with Gasteiger partial charge in [-0.05, 0) is 25.0 Å². The molecular weight excluding hydrogens is 173 g/mol. The first-order chi connectivity index (χ1) is 6.29. The number of aldehydes is 1. The highest BCUT2D eigenvalue weighted by molar-refractivity contribution is 5.71. The minimum Gasteiger partial charge on any atom is -0.486 e. The minimum absolute atomic E-state index is 0.0839. The lowest BCUT2D eigenvalue weighted by Gasteiger charge is -2.03. The van der Waals surface area contributed by atoms with Gasteiger partial charge in [0, 0.05) is 0 Å². The maximum Gasteiger partial charge on any atom is 0.255 e. The third kappa shape index (κ3) is 1.83. The highest BCUT2D eigenvalue weighted by atomic mass is 19.1. The lowest BCUT2D eigenvalue weighted by Crippen LogP contribution is -2.01. The fourth-order valence-electron chi connectivity index (χ4n) is 0.955. The van der Waals surface area contributed by atoms with Gasteiger partial charge < -0.3 is 4.74 Å². The molecule has 0 N–H and O–H groups in total. The van der Waals surface area contributed by atoms with Crippen LogP contribution in [0.4, 0.5) is 4.39 Å². The van der Waals surface area contributed by atoms with Gasteiger partial charge in [-0.25, -0.2) is 4.98 Å². The van der Waals surface area contributed by atoms with Gasteiger partial charge in [0.25, 0.3) is 5.95 Å². The van der Waals surface area contributed by atoms with E-state index in [4.69, 9.17) is 4.74 Å². The number of halogens is 1. The zero-order chi connectivity index (χ0) is 9.26. The number of ether oxygens (including phenoxy) is 1. The molecule has 1 saturated carbocycles. The topological polar surface area (TPSA) is 39.2 Å². The van der Waals surface area contributed by atoms with E-state index in [2.05, 4.69) is 4.98 Å². The van der Waals surface area contributed by atoms with Crippen molar-refractivity contribution in [2.24, 2.45) is 0 Å². The molecule has 3 nitrogen and oxygen atoms in total. The molecule has 1 aromatic heterocycles. The van der Waals surface area contributed by atoms with Crippen LogP contribution in [0.1, 0.15) is 23.3 Å². The Kier molecular flexibility index (Phi) is 1.96. The van der Waals surface area contributed by atoms with Crippen LogP contribution in [0.2, 0.25) is 0 Å². The van der Waals surface area contributed by atoms with Crippen molar-refractivity contribution in [2.75, 3.05) is 0 Å². The lowest BCUT2D eigenvalue weighted by molar-refractivity contribution is 0.111. The summed E-state index contributed by atoms with van der Waals surface area (Å²) < 4.78 is 18.2. The Labute approximate surface area is 74.5 Å². The first-order valence-electron chi connectivity index (χ1n) is 4.08. The van der Waals surface area contributed by atoms with E-state index >= 15 is 0 Å². The van der Waals surface area contributed by atoms with Gasteiger partial charge in [-0.3, -0.25) is 4.79 Å². The molecule has 0 amide bonds. The molecule has 4 heteroatoms. The fourth-order valence-corrected chi connectivity index (χ4v) is 0.955. The fraction of sp³-hybridized carbons (Fsp3) is 0.333. The molecule has 1 aromatic rings. The third-order valence-corrected chi connectivity index (χ3v) is 1.77. The summed E-state index contributed by atoms with van der Waals surface area (Å²) in [5.74, 6) is -0.579. The lowest BCUT2D eigenvalue weighted by atomic mass is 10.3. The predicted molar refractivity (Wildman–Crippen MR) is 43.2 cm³/mol. The van der Waals surface area contributed by atoms with Crippen LogP contribution < -0.4 is 4.74 Å². The number of rotatable bonds is 3. The van der Waals surface area contributed by atoms with Crippen molar-refractivity contribution in [1.82, 2.24) is 4.98 Å². The smallest absolute Gasteiger partial charge is 0.255 e. The SMILES string of the molecule is O=Cc1ccc(OC2CC2)c(F)n1. The first-order valence-corrected chi connectivity index (χ1v) is 4.08. The quantitative estimate of drug-likeness (QED) is 0.525. The summed E-state index contributed by atoms with van der Waals surface area (Å²) in [6.45, 7) is 0. The highest BCUT2D eigenvalue weighted by Crippen LogP contribution is 2.27. The summed E-state index contributed by atoms with van der Waals surface area (Å²) >= 11 is 0. The number of nitrogens with zero attached hydrogens (tertiary/aromatic N) is 1. The van der Waals surface area contributed by atoms with Crippen molar-refractivity contribution < 1.29 is 13.9 Å². The van der Waals surface area contributed by atoms with Crippen molar-refractivity contribution >= 4 is 6.29 Å². The van der Waals surface area contributed by atoms with Gasteiger partial charge in [-0.15, -0.1) is 0 Å². The van der Waals surface area contributed by atoms with Gasteiger partial charge in [0.05, 0.1) is 6.10 Å². The molecule has 0 spiro atoms. The van der Waals surface area contributed by atoms with E-state index in [9.17, 15) is 9.18 Å². The minimum atomic E-state index is -0.712. The van der Waals surface area contributed by atoms with E-state index in [1.165, 1.54) is 12.1 Å². The van der Waals surface area contributed by atoms with Crippen molar-refractivity contribution in [3.8, 4) is 5.75 Å². The van der Waals surface area contributed by atoms with E-state index < -0.39 is 5.95 Å². The van der Waals surface area contributed by atoms with Crippen molar-refractivity contribution in [3.63, 3.8) is 0 Å². The van der Waals surface area contributed by atoms with Gasteiger partial charge in [-0.2, -0.15) is 4.39 Å². The van der Waals surface area contributed by atoms with Gasteiger partial charge in [0.15, 0.2) is 12.0 Å².